The van der Waals surface area contributed by atoms with E-state index in [1.807, 2.05) is 78.9 Å². The molecule has 5 aromatic rings. The topological polar surface area (TPSA) is 92.5 Å². The van der Waals surface area contributed by atoms with Crippen LogP contribution in [0, 0.1) is 0 Å². The van der Waals surface area contributed by atoms with Crippen LogP contribution in [-0.2, 0) is 19.6 Å². The molecule has 0 aromatic heterocycles. The average molecular weight is 594 g/mol. The molecule has 1 aliphatic heterocycles. The first-order valence-corrected chi connectivity index (χ1v) is 16.1. The summed E-state index contributed by atoms with van der Waals surface area (Å²) in [6.07, 6.45) is 0.314. The van der Waals surface area contributed by atoms with Crippen molar-refractivity contribution in [2.45, 2.75) is 27.4 Å². The molecule has 0 spiro atoms. The van der Waals surface area contributed by atoms with E-state index in [2.05, 4.69) is 41.8 Å². The molecule has 8 heteroatoms. The van der Waals surface area contributed by atoms with Crippen LogP contribution in [0.2, 0.25) is 0 Å². The van der Waals surface area contributed by atoms with E-state index >= 15 is 0 Å². The molecule has 2 atom stereocenters. The van der Waals surface area contributed by atoms with Crippen molar-refractivity contribution in [1.29, 1.82) is 0 Å². The molecule has 1 aliphatic rings. The van der Waals surface area contributed by atoms with Crippen LogP contribution in [-0.4, -0.2) is 36.5 Å². The number of hydrogen-bond acceptors (Lipinski definition) is 5. The Balaban J connectivity index is 1.44. The van der Waals surface area contributed by atoms with E-state index in [1.165, 1.54) is 4.31 Å². The quantitative estimate of drug-likeness (QED) is 0.104. The zero-order valence-electron chi connectivity index (χ0n) is 22.8. The first-order valence-electron chi connectivity index (χ1n) is 13.8. The largest absolute Gasteiger partial charge is 0.293 e. The molecule has 6 nitrogen and oxygen atoms in total. The Bertz CT molecular complexity index is 1700. The summed E-state index contributed by atoms with van der Waals surface area (Å²) in [5.41, 5.74) is 5.43. The molecule has 1 heterocycles. The maximum atomic E-state index is 14.1. The van der Waals surface area contributed by atoms with Gasteiger partial charge in [0.05, 0.1) is 9.64 Å². The van der Waals surface area contributed by atoms with Crippen LogP contribution in [0.25, 0.3) is 10.8 Å². The van der Waals surface area contributed by atoms with Gasteiger partial charge in [0.1, 0.15) is 6.04 Å². The number of rotatable bonds is 8. The number of nitrogens with two attached hydrogens (primary N) is 1. The van der Waals surface area contributed by atoms with E-state index in [0.29, 0.717) is 6.42 Å². The summed E-state index contributed by atoms with van der Waals surface area (Å²) >= 11 is 1.68. The van der Waals surface area contributed by atoms with E-state index < -0.39 is 26.7 Å². The monoisotopic (exact) mass is 593 g/mol. The van der Waals surface area contributed by atoms with E-state index in [0.717, 1.165) is 27.5 Å². The molecule has 0 radical (unpaired) electrons. The van der Waals surface area contributed by atoms with E-state index in [4.69, 9.17) is 5.84 Å². The second-order valence-corrected chi connectivity index (χ2v) is 13.8. The lowest BCUT2D eigenvalue weighted by molar-refractivity contribution is -0.124. The molecule has 0 unspecified atom stereocenters. The summed E-state index contributed by atoms with van der Waals surface area (Å²) in [6.45, 7) is 0.159. The van der Waals surface area contributed by atoms with Crippen molar-refractivity contribution in [2.24, 2.45) is 5.84 Å². The summed E-state index contributed by atoms with van der Waals surface area (Å²) in [5.74, 6) is 5.07. The van der Waals surface area contributed by atoms with Gasteiger partial charge in [-0.05, 0) is 46.0 Å². The Morgan fingerprint density at radius 1 is 0.738 bits per heavy atom. The fourth-order valence-corrected chi connectivity index (χ4v) is 9.49. The standard InChI is InChI=1S/C34H31N3O3S2/c35-36-33(38)32-23-30(24-37(32)42(39,40)31-21-20-25-12-10-11-13-26(25)22-31)41-34(27-14-4-1-5-15-27,28-16-6-2-7-17-28)29-18-8-3-9-19-29/h1-22,30,32H,23-24,35H2,(H,36,38)/t30-,32+/m1/s1. The maximum absolute atomic E-state index is 14.1. The minimum absolute atomic E-state index is 0.155. The summed E-state index contributed by atoms with van der Waals surface area (Å²) in [5, 5.41) is 1.55. The van der Waals surface area contributed by atoms with Gasteiger partial charge in [-0.3, -0.25) is 10.2 Å². The van der Waals surface area contributed by atoms with Crippen LogP contribution in [0.4, 0.5) is 0 Å². The second-order valence-electron chi connectivity index (χ2n) is 10.4. The third-order valence-electron chi connectivity index (χ3n) is 7.87. The first-order chi connectivity index (χ1) is 20.4. The molecule has 0 saturated carbocycles. The van der Waals surface area contributed by atoms with Gasteiger partial charge in [0.25, 0.3) is 5.91 Å². The highest BCUT2D eigenvalue weighted by Crippen LogP contribution is 2.52. The highest BCUT2D eigenvalue weighted by Gasteiger charge is 2.48. The van der Waals surface area contributed by atoms with Crippen molar-refractivity contribution in [1.82, 2.24) is 9.73 Å². The summed E-state index contributed by atoms with van der Waals surface area (Å²) < 4.78 is 28.9. The average Bonchev–Trinajstić information content (AvgIpc) is 3.49. The molecule has 1 fully saturated rings. The lowest BCUT2D eigenvalue weighted by atomic mass is 9.84. The van der Waals surface area contributed by atoms with Crippen molar-refractivity contribution in [2.75, 3.05) is 6.54 Å². The number of amides is 1. The van der Waals surface area contributed by atoms with Crippen molar-refractivity contribution < 1.29 is 13.2 Å². The predicted molar refractivity (Wildman–Crippen MR) is 169 cm³/mol. The van der Waals surface area contributed by atoms with Gasteiger partial charge >= 0.3 is 0 Å². The normalized spacial score (nSPS) is 17.7. The maximum Gasteiger partial charge on any atom is 0.252 e. The zero-order valence-corrected chi connectivity index (χ0v) is 24.5. The third kappa shape index (κ3) is 5.12. The molecule has 6 rings (SSSR count). The van der Waals surface area contributed by atoms with Crippen LogP contribution < -0.4 is 11.3 Å². The summed E-state index contributed by atoms with van der Waals surface area (Å²) in [4.78, 5) is 13.2. The van der Waals surface area contributed by atoms with Crippen LogP contribution >= 0.6 is 11.8 Å². The molecular formula is C34H31N3O3S2. The molecule has 0 bridgehead atoms. The van der Waals surface area contributed by atoms with Gasteiger partial charge in [-0.2, -0.15) is 4.31 Å². The van der Waals surface area contributed by atoms with Crippen molar-refractivity contribution in [3.63, 3.8) is 0 Å². The third-order valence-corrected chi connectivity index (χ3v) is 11.5. The molecule has 42 heavy (non-hydrogen) atoms. The van der Waals surface area contributed by atoms with Crippen molar-refractivity contribution in [3.8, 4) is 0 Å². The van der Waals surface area contributed by atoms with Crippen LogP contribution in [0.5, 0.6) is 0 Å². The number of nitrogens with one attached hydrogen (secondary N) is 1. The fraction of sp³-hybridized carbons (Fsp3) is 0.147. The molecule has 3 N–H and O–H groups in total. The van der Waals surface area contributed by atoms with E-state index in [9.17, 15) is 13.2 Å². The summed E-state index contributed by atoms with van der Waals surface area (Å²) in [6, 6.07) is 42.5. The van der Waals surface area contributed by atoms with Crippen molar-refractivity contribution >= 4 is 38.5 Å². The SMILES string of the molecule is NNC(=O)[C@@H]1C[C@@H](SC(c2ccccc2)(c2ccccc2)c2ccccc2)CN1S(=O)(=O)c1ccc2ccccc2c1. The predicted octanol–water partition coefficient (Wildman–Crippen LogP) is 5.69. The fourth-order valence-electron chi connectivity index (χ4n) is 5.89. The number of nitrogens with zero attached hydrogens (tertiary/aromatic N) is 1. The second kappa shape index (κ2) is 11.7. The van der Waals surface area contributed by atoms with E-state index in [1.54, 1.807) is 30.0 Å². The Morgan fingerprint density at radius 3 is 1.76 bits per heavy atom. The molecule has 1 amide bonds. The van der Waals surface area contributed by atoms with Gasteiger partial charge in [-0.25, -0.2) is 14.3 Å². The first kappa shape index (κ1) is 28.2. The van der Waals surface area contributed by atoms with Gasteiger partial charge in [-0.1, -0.05) is 121 Å². The van der Waals surface area contributed by atoms with Gasteiger partial charge in [0.2, 0.25) is 10.0 Å². The number of benzene rings is 5. The molecule has 5 aromatic carbocycles. The lowest BCUT2D eigenvalue weighted by Crippen LogP contribution is -2.47. The molecular weight excluding hydrogens is 563 g/mol. The number of sulfonamides is 1. The van der Waals surface area contributed by atoms with Gasteiger partial charge in [0, 0.05) is 11.8 Å². The zero-order chi connectivity index (χ0) is 29.2. The Hall–Kier alpha value is -3.95. The number of thioether (sulfide) groups is 1. The number of carbonyl (C=O) groups excluding carboxylic acids is 1. The summed E-state index contributed by atoms with van der Waals surface area (Å²) in [7, 11) is -4.01. The van der Waals surface area contributed by atoms with Crippen molar-refractivity contribution in [3.05, 3.63) is 150 Å². The minimum atomic E-state index is -4.01. The number of hydrazine groups is 1. The van der Waals surface area contributed by atoms with E-state index in [-0.39, 0.29) is 16.7 Å². The van der Waals surface area contributed by atoms with Gasteiger partial charge in [0.15, 0.2) is 0 Å². The van der Waals surface area contributed by atoms with Gasteiger partial charge in [-0.15, -0.1) is 11.8 Å². The highest BCUT2D eigenvalue weighted by atomic mass is 32.2. The van der Waals surface area contributed by atoms with Crippen LogP contribution in [0.1, 0.15) is 23.1 Å². The van der Waals surface area contributed by atoms with Crippen LogP contribution in [0.15, 0.2) is 138 Å². The molecule has 1 saturated heterocycles. The smallest absolute Gasteiger partial charge is 0.252 e. The lowest BCUT2D eigenvalue weighted by Gasteiger charge is -2.37. The molecule has 212 valence electrons. The Labute approximate surface area is 250 Å². The Morgan fingerprint density at radius 2 is 1.24 bits per heavy atom. The number of hydrogen-bond donors (Lipinski definition) is 2. The number of carbonyl (C=O) groups is 1. The van der Waals surface area contributed by atoms with Gasteiger partial charge < -0.3 is 0 Å². The highest BCUT2D eigenvalue weighted by molar-refractivity contribution is 8.01. The Kier molecular flexibility index (Phi) is 7.88. The van der Waals surface area contributed by atoms with Crippen LogP contribution in [0.3, 0.4) is 0 Å². The minimum Gasteiger partial charge on any atom is -0.293 e. The number of fused-ring (bicyclic) bond motifs is 1. The molecule has 0 aliphatic carbocycles.